The molecular formula is C40H41N5O5S. The summed E-state index contributed by atoms with van der Waals surface area (Å²) in [6, 6.07) is 32.9. The lowest BCUT2D eigenvalue weighted by Crippen LogP contribution is -2.31. The Morgan fingerprint density at radius 3 is 2.33 bits per heavy atom. The summed E-state index contributed by atoms with van der Waals surface area (Å²) in [6.45, 7) is 0.357. The van der Waals surface area contributed by atoms with Gasteiger partial charge in [0.1, 0.15) is 0 Å². The van der Waals surface area contributed by atoms with Gasteiger partial charge in [-0.05, 0) is 64.6 Å². The molecule has 1 fully saturated rings. The molecule has 1 aromatic heterocycles. The molecule has 5 aromatic rings. The number of thioether (sulfide) groups is 1. The summed E-state index contributed by atoms with van der Waals surface area (Å²) in [7, 11) is 0. The van der Waals surface area contributed by atoms with Crippen molar-refractivity contribution in [2.75, 3.05) is 16.8 Å². The predicted molar refractivity (Wildman–Crippen MR) is 198 cm³/mol. The summed E-state index contributed by atoms with van der Waals surface area (Å²) in [5, 5.41) is 16.0. The molecule has 0 unspecified atom stereocenters. The first-order valence-corrected chi connectivity index (χ1v) is 17.9. The second-order valence-electron chi connectivity index (χ2n) is 12.3. The van der Waals surface area contributed by atoms with E-state index in [-0.39, 0.29) is 43.5 Å². The standard InChI is InChI=1S/C40H41N5O5S/c41-34-11-1-2-12-35(34)45-38(48)14-5-13-37(47)44-24-28-7-3-8-30(21-28)31-9-4-10-32(22-31)39-49-33(26-51-40-42-19-6-20-43-40)23-36(50-39)29-17-15-27(25-46)16-18-29/h1-4,6-12,15-22,33,36,39,46H,5,13-14,23-26,41H2,(H,44,47)(H,45,48)/t33-,36+,39+/m1/s1. The van der Waals surface area contributed by atoms with Crippen molar-refractivity contribution in [1.29, 1.82) is 0 Å². The highest BCUT2D eigenvalue weighted by molar-refractivity contribution is 7.99. The van der Waals surface area contributed by atoms with Crippen LogP contribution in [0.15, 0.2) is 121 Å². The summed E-state index contributed by atoms with van der Waals surface area (Å²) in [6.07, 6.45) is 4.10. The average molecular weight is 704 g/mol. The highest BCUT2D eigenvalue weighted by atomic mass is 32.2. The number of nitrogens with one attached hydrogen (secondary N) is 2. The first-order chi connectivity index (χ1) is 24.9. The lowest BCUT2D eigenvalue weighted by atomic mass is 9.99. The molecule has 2 amide bonds. The number of hydrogen-bond acceptors (Lipinski definition) is 9. The van der Waals surface area contributed by atoms with Crippen molar-refractivity contribution in [3.8, 4) is 11.1 Å². The van der Waals surface area contributed by atoms with Crippen LogP contribution in [0.1, 0.15) is 60.3 Å². The Morgan fingerprint density at radius 1 is 0.804 bits per heavy atom. The fourth-order valence-electron chi connectivity index (χ4n) is 5.80. The largest absolute Gasteiger partial charge is 0.397 e. The van der Waals surface area contributed by atoms with E-state index in [0.717, 1.165) is 33.4 Å². The van der Waals surface area contributed by atoms with E-state index < -0.39 is 6.29 Å². The lowest BCUT2D eigenvalue weighted by Gasteiger charge is -2.36. The van der Waals surface area contributed by atoms with Gasteiger partial charge in [-0.2, -0.15) is 0 Å². The number of nitrogens with zero attached hydrogens (tertiary/aromatic N) is 2. The van der Waals surface area contributed by atoms with Crippen molar-refractivity contribution in [2.24, 2.45) is 0 Å². The minimum Gasteiger partial charge on any atom is -0.397 e. The Morgan fingerprint density at radius 2 is 1.55 bits per heavy atom. The van der Waals surface area contributed by atoms with Crippen LogP contribution in [-0.2, 0) is 32.2 Å². The normalized spacial score (nSPS) is 17.1. The minimum atomic E-state index is -0.599. The molecule has 0 saturated carbocycles. The van der Waals surface area contributed by atoms with Crippen LogP contribution in [-0.4, -0.2) is 38.7 Å². The highest BCUT2D eigenvalue weighted by Gasteiger charge is 2.32. The fourth-order valence-corrected chi connectivity index (χ4v) is 6.62. The molecule has 0 spiro atoms. The average Bonchev–Trinajstić information content (AvgIpc) is 3.17. The third-order valence-corrected chi connectivity index (χ3v) is 9.51. The summed E-state index contributed by atoms with van der Waals surface area (Å²) in [5.74, 6) is 0.370. The quantitative estimate of drug-likeness (QED) is 0.0546. The molecule has 5 N–H and O–H groups in total. The first-order valence-electron chi connectivity index (χ1n) is 16.9. The second-order valence-corrected chi connectivity index (χ2v) is 13.3. The number of ether oxygens (including phenoxy) is 2. The first kappa shape index (κ1) is 35.7. The zero-order valence-electron chi connectivity index (χ0n) is 28.1. The molecule has 2 heterocycles. The highest BCUT2D eigenvalue weighted by Crippen LogP contribution is 2.40. The van der Waals surface area contributed by atoms with Crippen molar-refractivity contribution >= 4 is 35.0 Å². The third kappa shape index (κ3) is 10.2. The van der Waals surface area contributed by atoms with Crippen LogP contribution in [0, 0.1) is 0 Å². The molecule has 1 aliphatic rings. The Kier molecular flexibility index (Phi) is 12.4. The number of nitrogen functional groups attached to an aromatic ring is 1. The van der Waals surface area contributed by atoms with Gasteiger partial charge >= 0.3 is 0 Å². The van der Waals surface area contributed by atoms with E-state index in [4.69, 9.17) is 15.2 Å². The van der Waals surface area contributed by atoms with Crippen LogP contribution in [0.2, 0.25) is 0 Å². The zero-order valence-corrected chi connectivity index (χ0v) is 28.9. The van der Waals surface area contributed by atoms with Crippen LogP contribution >= 0.6 is 11.8 Å². The van der Waals surface area contributed by atoms with Crippen molar-refractivity contribution in [1.82, 2.24) is 15.3 Å². The molecular weight excluding hydrogens is 663 g/mol. The van der Waals surface area contributed by atoms with Gasteiger partial charge in [-0.15, -0.1) is 0 Å². The van der Waals surface area contributed by atoms with Crippen molar-refractivity contribution < 1.29 is 24.2 Å². The van der Waals surface area contributed by atoms with E-state index in [9.17, 15) is 14.7 Å². The van der Waals surface area contributed by atoms with Gasteiger partial charge in [0, 0.05) is 49.5 Å². The van der Waals surface area contributed by atoms with Crippen LogP contribution in [0.3, 0.4) is 0 Å². The molecule has 262 valence electrons. The number of hydrogen-bond donors (Lipinski definition) is 4. The molecule has 6 rings (SSSR count). The van der Waals surface area contributed by atoms with E-state index in [1.807, 2.05) is 60.7 Å². The summed E-state index contributed by atoms with van der Waals surface area (Å²) in [4.78, 5) is 33.6. The SMILES string of the molecule is Nc1ccccc1NC(=O)CCCC(=O)NCc1cccc(-c2cccc([C@H]3O[C@@H](CSc4ncccn4)C[C@@H](c4ccc(CO)cc4)O3)c2)c1. The van der Waals surface area contributed by atoms with Gasteiger partial charge in [-0.1, -0.05) is 84.6 Å². The van der Waals surface area contributed by atoms with Gasteiger partial charge in [0.25, 0.3) is 0 Å². The van der Waals surface area contributed by atoms with E-state index in [0.29, 0.717) is 41.7 Å². The van der Waals surface area contributed by atoms with Crippen LogP contribution in [0.4, 0.5) is 11.4 Å². The number of carbonyl (C=O) groups excluding carboxylic acids is 2. The molecule has 0 bridgehead atoms. The molecule has 1 saturated heterocycles. The maximum Gasteiger partial charge on any atom is 0.224 e. The van der Waals surface area contributed by atoms with Crippen LogP contribution < -0.4 is 16.4 Å². The molecule has 51 heavy (non-hydrogen) atoms. The van der Waals surface area contributed by atoms with Crippen LogP contribution in [0.25, 0.3) is 11.1 Å². The molecule has 0 radical (unpaired) electrons. The maximum absolute atomic E-state index is 12.6. The van der Waals surface area contributed by atoms with E-state index in [1.165, 1.54) is 0 Å². The van der Waals surface area contributed by atoms with Gasteiger partial charge in [0.15, 0.2) is 11.4 Å². The number of para-hydroxylation sites is 2. The molecule has 3 atom stereocenters. The molecule has 0 aliphatic carbocycles. The predicted octanol–water partition coefficient (Wildman–Crippen LogP) is 6.98. The van der Waals surface area contributed by atoms with E-state index >= 15 is 0 Å². The van der Waals surface area contributed by atoms with Gasteiger partial charge in [0.2, 0.25) is 11.8 Å². The maximum atomic E-state index is 12.6. The van der Waals surface area contributed by atoms with Gasteiger partial charge in [-0.3, -0.25) is 9.59 Å². The number of amides is 2. The monoisotopic (exact) mass is 703 g/mol. The molecule has 10 nitrogen and oxygen atoms in total. The number of rotatable bonds is 14. The van der Waals surface area contributed by atoms with Crippen molar-refractivity contribution in [3.63, 3.8) is 0 Å². The third-order valence-electron chi connectivity index (χ3n) is 8.51. The number of carbonyl (C=O) groups is 2. The van der Waals surface area contributed by atoms with Crippen LogP contribution in [0.5, 0.6) is 0 Å². The number of anilines is 2. The summed E-state index contributed by atoms with van der Waals surface area (Å²) < 4.78 is 13.1. The van der Waals surface area contributed by atoms with Gasteiger partial charge in [-0.25, -0.2) is 9.97 Å². The number of aliphatic hydroxyl groups is 1. The number of nitrogens with two attached hydrogens (primary N) is 1. The summed E-state index contributed by atoms with van der Waals surface area (Å²) in [5.41, 5.74) is 12.7. The van der Waals surface area contributed by atoms with Gasteiger partial charge < -0.3 is 30.9 Å². The Hall–Kier alpha value is -5.07. The number of aromatic nitrogens is 2. The number of benzene rings is 4. The molecule has 4 aromatic carbocycles. The zero-order chi connectivity index (χ0) is 35.4. The number of aliphatic hydroxyl groups excluding tert-OH is 1. The van der Waals surface area contributed by atoms with E-state index in [2.05, 4.69) is 32.7 Å². The molecule has 11 heteroatoms. The van der Waals surface area contributed by atoms with E-state index in [1.54, 1.807) is 54.5 Å². The minimum absolute atomic E-state index is 0.0134. The smallest absolute Gasteiger partial charge is 0.224 e. The Balaban J connectivity index is 1.07. The van der Waals surface area contributed by atoms with Crippen molar-refractivity contribution in [2.45, 2.75) is 62.5 Å². The Labute approximate surface area is 301 Å². The second kappa shape index (κ2) is 17.7. The molecule has 1 aliphatic heterocycles. The topological polar surface area (TPSA) is 149 Å². The Bertz CT molecular complexity index is 1910. The fraction of sp³-hybridized carbons (Fsp3) is 0.250. The van der Waals surface area contributed by atoms with Gasteiger partial charge in [0.05, 0.1) is 30.2 Å². The lowest BCUT2D eigenvalue weighted by molar-refractivity contribution is -0.245. The van der Waals surface area contributed by atoms with Crippen molar-refractivity contribution in [3.05, 3.63) is 138 Å². The summed E-state index contributed by atoms with van der Waals surface area (Å²) >= 11 is 1.55.